The van der Waals surface area contributed by atoms with Crippen molar-refractivity contribution in [3.8, 4) is 10.6 Å². The Morgan fingerprint density at radius 3 is 2.89 bits per heavy atom. The lowest BCUT2D eigenvalue weighted by molar-refractivity contribution is 0.0699. The van der Waals surface area contributed by atoms with Gasteiger partial charge in [0.2, 0.25) is 0 Å². The standard InChI is InChI=1S/C11H7BrN4O2S/c12-8-2-1-7(19-8)6-3-9(13)16-10(15-6)5(4-14-16)11(17)18/h1-4H,13H2,(H,17,18). The van der Waals surface area contributed by atoms with Crippen LogP contribution in [0.5, 0.6) is 0 Å². The van der Waals surface area contributed by atoms with Gasteiger partial charge >= 0.3 is 5.97 Å². The number of nitrogens with zero attached hydrogens (tertiary/aromatic N) is 3. The smallest absolute Gasteiger partial charge is 0.341 e. The molecule has 6 nitrogen and oxygen atoms in total. The molecule has 0 aliphatic rings. The van der Waals surface area contributed by atoms with Gasteiger partial charge in [0.25, 0.3) is 0 Å². The number of rotatable bonds is 2. The minimum Gasteiger partial charge on any atom is -0.477 e. The summed E-state index contributed by atoms with van der Waals surface area (Å²) in [6.45, 7) is 0. The van der Waals surface area contributed by atoms with E-state index in [4.69, 9.17) is 10.8 Å². The van der Waals surface area contributed by atoms with Crippen molar-refractivity contribution in [3.05, 3.63) is 33.7 Å². The number of hydrogen-bond donors (Lipinski definition) is 2. The van der Waals surface area contributed by atoms with Gasteiger partial charge in [-0.1, -0.05) is 0 Å². The van der Waals surface area contributed by atoms with Crippen LogP contribution in [0.25, 0.3) is 16.2 Å². The molecule has 0 aliphatic heterocycles. The van der Waals surface area contributed by atoms with Crippen molar-refractivity contribution in [3.63, 3.8) is 0 Å². The Kier molecular flexibility index (Phi) is 2.76. The predicted octanol–water partition coefficient (Wildman–Crippen LogP) is 2.50. The third kappa shape index (κ3) is 1.98. The van der Waals surface area contributed by atoms with Gasteiger partial charge in [-0.05, 0) is 28.1 Å². The molecule has 0 saturated heterocycles. The number of halogens is 1. The summed E-state index contributed by atoms with van der Waals surface area (Å²) in [7, 11) is 0. The van der Waals surface area contributed by atoms with Gasteiger partial charge in [-0.3, -0.25) is 0 Å². The fourth-order valence-electron chi connectivity index (χ4n) is 1.72. The van der Waals surface area contributed by atoms with E-state index in [1.807, 2.05) is 12.1 Å². The van der Waals surface area contributed by atoms with Gasteiger partial charge in [-0.2, -0.15) is 9.61 Å². The summed E-state index contributed by atoms with van der Waals surface area (Å²) in [5.74, 6) is -0.733. The molecule has 96 valence electrons. The molecule has 0 saturated carbocycles. The average molecular weight is 339 g/mol. The van der Waals surface area contributed by atoms with Crippen LogP contribution in [0.1, 0.15) is 10.4 Å². The number of nitrogens with two attached hydrogens (primary N) is 1. The number of thiophene rings is 1. The van der Waals surface area contributed by atoms with E-state index in [1.54, 1.807) is 6.07 Å². The van der Waals surface area contributed by atoms with Crippen LogP contribution in [0.4, 0.5) is 5.82 Å². The van der Waals surface area contributed by atoms with Gasteiger partial charge in [-0.15, -0.1) is 11.3 Å². The largest absolute Gasteiger partial charge is 0.477 e. The molecule has 3 heterocycles. The van der Waals surface area contributed by atoms with E-state index in [0.717, 1.165) is 8.66 Å². The zero-order valence-electron chi connectivity index (χ0n) is 9.37. The number of aromatic carboxylic acids is 1. The number of nitrogen functional groups attached to an aromatic ring is 1. The second kappa shape index (κ2) is 4.32. The second-order valence-corrected chi connectivity index (χ2v) is 6.23. The van der Waals surface area contributed by atoms with Gasteiger partial charge in [0.05, 0.1) is 20.6 Å². The summed E-state index contributed by atoms with van der Waals surface area (Å²) in [4.78, 5) is 16.3. The van der Waals surface area contributed by atoms with Crippen LogP contribution in [0.3, 0.4) is 0 Å². The van der Waals surface area contributed by atoms with E-state index in [9.17, 15) is 4.79 Å². The van der Waals surface area contributed by atoms with Gasteiger partial charge in [0, 0.05) is 6.07 Å². The minimum absolute atomic E-state index is 0.0316. The van der Waals surface area contributed by atoms with Crippen LogP contribution in [0.2, 0.25) is 0 Å². The Balaban J connectivity index is 2.27. The average Bonchev–Trinajstić information content (AvgIpc) is 2.94. The van der Waals surface area contributed by atoms with Gasteiger partial charge in [-0.25, -0.2) is 9.78 Å². The summed E-state index contributed by atoms with van der Waals surface area (Å²) < 4.78 is 2.28. The zero-order chi connectivity index (χ0) is 13.6. The van der Waals surface area contributed by atoms with E-state index in [1.165, 1.54) is 22.0 Å². The van der Waals surface area contributed by atoms with Crippen molar-refractivity contribution < 1.29 is 9.90 Å². The summed E-state index contributed by atoms with van der Waals surface area (Å²) in [5, 5.41) is 13.0. The van der Waals surface area contributed by atoms with E-state index in [2.05, 4.69) is 26.0 Å². The number of fused-ring (bicyclic) bond motifs is 1. The molecule has 0 amide bonds. The molecule has 19 heavy (non-hydrogen) atoms. The molecule has 0 spiro atoms. The van der Waals surface area contributed by atoms with Crippen molar-refractivity contribution in [1.29, 1.82) is 0 Å². The quantitative estimate of drug-likeness (QED) is 0.748. The molecule has 3 aromatic rings. The first-order valence-corrected chi connectivity index (χ1v) is 6.80. The lowest BCUT2D eigenvalue weighted by atomic mass is 10.3. The number of carboxylic acids is 1. The molecule has 8 heteroatoms. The maximum Gasteiger partial charge on any atom is 0.341 e. The first-order chi connectivity index (χ1) is 9.06. The molecule has 0 atom stereocenters. The summed E-state index contributed by atoms with van der Waals surface area (Å²) in [5.41, 5.74) is 6.78. The summed E-state index contributed by atoms with van der Waals surface area (Å²) >= 11 is 4.87. The number of hydrogen-bond acceptors (Lipinski definition) is 5. The highest BCUT2D eigenvalue weighted by Crippen LogP contribution is 2.31. The van der Waals surface area contributed by atoms with Crippen LogP contribution in [0, 0.1) is 0 Å². The van der Waals surface area contributed by atoms with E-state index >= 15 is 0 Å². The van der Waals surface area contributed by atoms with Crippen LogP contribution < -0.4 is 5.73 Å². The summed E-state index contributed by atoms with van der Waals surface area (Å²) in [6, 6.07) is 5.46. The lowest BCUT2D eigenvalue weighted by Crippen LogP contribution is -2.03. The van der Waals surface area contributed by atoms with Crippen molar-refractivity contribution in [2.24, 2.45) is 0 Å². The SMILES string of the molecule is Nc1cc(-c2ccc(Br)s2)nc2c(C(=O)O)cnn12. The first-order valence-electron chi connectivity index (χ1n) is 5.19. The van der Waals surface area contributed by atoms with Crippen LogP contribution >= 0.6 is 27.3 Å². The molecule has 3 N–H and O–H groups in total. The maximum absolute atomic E-state index is 11.1. The lowest BCUT2D eigenvalue weighted by Gasteiger charge is -2.02. The molecule has 0 fully saturated rings. The fourth-order valence-corrected chi connectivity index (χ4v) is 3.06. The molecule has 0 aliphatic carbocycles. The van der Waals surface area contributed by atoms with Gasteiger partial charge < -0.3 is 10.8 Å². The van der Waals surface area contributed by atoms with Crippen LogP contribution in [-0.4, -0.2) is 25.7 Å². The van der Waals surface area contributed by atoms with Crippen molar-refractivity contribution in [1.82, 2.24) is 14.6 Å². The number of anilines is 1. The third-order valence-electron chi connectivity index (χ3n) is 2.56. The van der Waals surface area contributed by atoms with Crippen LogP contribution in [-0.2, 0) is 0 Å². The highest BCUT2D eigenvalue weighted by molar-refractivity contribution is 9.11. The first kappa shape index (κ1) is 12.1. The van der Waals surface area contributed by atoms with E-state index in [-0.39, 0.29) is 11.2 Å². The van der Waals surface area contributed by atoms with Gasteiger partial charge in [0.1, 0.15) is 11.4 Å². The molecule has 0 radical (unpaired) electrons. The molecule has 3 rings (SSSR count). The molecule has 3 aromatic heterocycles. The fraction of sp³-hybridized carbons (Fsp3) is 0. The van der Waals surface area contributed by atoms with Crippen molar-refractivity contribution in [2.75, 3.05) is 5.73 Å². The maximum atomic E-state index is 11.1. The molecular weight excluding hydrogens is 332 g/mol. The van der Waals surface area contributed by atoms with Crippen molar-refractivity contribution >= 4 is 44.7 Å². The third-order valence-corrected chi connectivity index (χ3v) is 4.20. The Morgan fingerprint density at radius 1 is 1.47 bits per heavy atom. The number of carbonyl (C=O) groups is 1. The monoisotopic (exact) mass is 338 g/mol. The predicted molar refractivity (Wildman–Crippen MR) is 75.4 cm³/mol. The Labute approximate surface area is 119 Å². The zero-order valence-corrected chi connectivity index (χ0v) is 11.8. The highest BCUT2D eigenvalue weighted by atomic mass is 79.9. The van der Waals surface area contributed by atoms with E-state index < -0.39 is 5.97 Å². The topological polar surface area (TPSA) is 93.5 Å². The highest BCUT2D eigenvalue weighted by Gasteiger charge is 2.16. The Morgan fingerprint density at radius 2 is 2.26 bits per heavy atom. The summed E-state index contributed by atoms with van der Waals surface area (Å²) in [6.07, 6.45) is 1.25. The minimum atomic E-state index is -1.08. The van der Waals surface area contributed by atoms with Crippen molar-refractivity contribution in [2.45, 2.75) is 0 Å². The number of aromatic nitrogens is 3. The molecular formula is C11H7BrN4O2S. The normalized spacial score (nSPS) is 11.0. The molecule has 0 unspecified atom stereocenters. The van der Waals surface area contributed by atoms with E-state index in [0.29, 0.717) is 11.5 Å². The van der Waals surface area contributed by atoms with Crippen LogP contribution in [0.15, 0.2) is 28.2 Å². The second-order valence-electron chi connectivity index (χ2n) is 3.77. The molecule has 0 bridgehead atoms. The Hall–Kier alpha value is -1.93. The Bertz CT molecular complexity index is 795. The van der Waals surface area contributed by atoms with Gasteiger partial charge in [0.15, 0.2) is 5.65 Å². The number of carboxylic acid groups (broad SMARTS) is 1. The molecule has 0 aromatic carbocycles.